The fraction of sp³-hybridized carbons (Fsp3) is 0.167. The highest BCUT2D eigenvalue weighted by Gasteiger charge is 2.15. The van der Waals surface area contributed by atoms with E-state index in [0.717, 1.165) is 24.0 Å². The van der Waals surface area contributed by atoms with Crippen molar-refractivity contribution in [2.45, 2.75) is 12.8 Å². The number of hydrogen-bond acceptors (Lipinski definition) is 2. The van der Waals surface area contributed by atoms with Crippen LogP contribution in [-0.2, 0) is 6.42 Å². The number of urea groups is 1. The standard InChI is InChI=1S/C12H12ClN3O/c13-11-9(7-15-16-12(14)17)6-5-8-3-1-2-4-10(8)11/h1-4,7H,5-6H2,(H3,14,16,17)/b15-7+. The Balaban J connectivity index is 2.25. The molecule has 1 aliphatic carbocycles. The average molecular weight is 250 g/mol. The first-order valence-electron chi connectivity index (χ1n) is 5.24. The predicted octanol–water partition coefficient (Wildman–Crippen LogP) is 2.24. The summed E-state index contributed by atoms with van der Waals surface area (Å²) in [5, 5.41) is 4.41. The second-order valence-electron chi connectivity index (χ2n) is 3.73. The highest BCUT2D eigenvalue weighted by Crippen LogP contribution is 2.32. The van der Waals surface area contributed by atoms with Gasteiger partial charge in [-0.05, 0) is 29.5 Å². The normalized spacial score (nSPS) is 14.9. The Bertz CT molecular complexity index is 508. The summed E-state index contributed by atoms with van der Waals surface area (Å²) in [6, 6.07) is 7.30. The van der Waals surface area contributed by atoms with E-state index in [-0.39, 0.29) is 0 Å². The minimum absolute atomic E-state index is 0.682. The van der Waals surface area contributed by atoms with Gasteiger partial charge in [0.25, 0.3) is 0 Å². The van der Waals surface area contributed by atoms with Gasteiger partial charge in [-0.15, -0.1) is 0 Å². The molecule has 0 heterocycles. The number of carbonyl (C=O) groups is 1. The van der Waals surface area contributed by atoms with E-state index >= 15 is 0 Å². The zero-order valence-corrected chi connectivity index (χ0v) is 9.87. The number of aryl methyl sites for hydroxylation is 1. The Morgan fingerprint density at radius 1 is 1.41 bits per heavy atom. The molecule has 88 valence electrons. The lowest BCUT2D eigenvalue weighted by molar-refractivity contribution is 0.249. The molecule has 0 aromatic heterocycles. The van der Waals surface area contributed by atoms with Crippen LogP contribution < -0.4 is 11.2 Å². The van der Waals surface area contributed by atoms with Crippen molar-refractivity contribution in [1.82, 2.24) is 5.43 Å². The molecule has 0 saturated heterocycles. The molecule has 0 bridgehead atoms. The SMILES string of the molecule is NC(=O)N/N=C/C1=C(Cl)c2ccccc2CC1. The maximum absolute atomic E-state index is 10.5. The number of rotatable bonds is 2. The van der Waals surface area contributed by atoms with Crippen molar-refractivity contribution in [3.8, 4) is 0 Å². The molecule has 17 heavy (non-hydrogen) atoms. The van der Waals surface area contributed by atoms with Crippen LogP contribution in [0.15, 0.2) is 34.9 Å². The molecule has 4 nitrogen and oxygen atoms in total. The molecule has 0 fully saturated rings. The van der Waals surface area contributed by atoms with Gasteiger partial charge in [-0.1, -0.05) is 35.9 Å². The molecular formula is C12H12ClN3O. The molecule has 1 aliphatic rings. The molecule has 3 N–H and O–H groups in total. The molecule has 2 amide bonds. The van der Waals surface area contributed by atoms with E-state index in [0.29, 0.717) is 5.03 Å². The lowest BCUT2D eigenvalue weighted by Crippen LogP contribution is -2.24. The number of benzene rings is 1. The molecular weight excluding hydrogens is 238 g/mol. The third kappa shape index (κ3) is 2.65. The first kappa shape index (κ1) is 11.7. The van der Waals surface area contributed by atoms with Crippen molar-refractivity contribution in [2.24, 2.45) is 10.8 Å². The van der Waals surface area contributed by atoms with Crippen LogP contribution in [0, 0.1) is 0 Å². The van der Waals surface area contributed by atoms with Gasteiger partial charge < -0.3 is 5.73 Å². The topological polar surface area (TPSA) is 67.5 Å². The number of hydrogen-bond donors (Lipinski definition) is 2. The van der Waals surface area contributed by atoms with E-state index < -0.39 is 6.03 Å². The van der Waals surface area contributed by atoms with Crippen LogP contribution in [0.25, 0.3) is 5.03 Å². The number of halogens is 1. The summed E-state index contributed by atoms with van der Waals surface area (Å²) in [6.45, 7) is 0. The van der Waals surface area contributed by atoms with E-state index in [9.17, 15) is 4.79 Å². The molecule has 0 atom stereocenters. The molecule has 1 aromatic carbocycles. The summed E-state index contributed by atoms with van der Waals surface area (Å²) >= 11 is 6.27. The molecule has 2 rings (SSSR count). The van der Waals surface area contributed by atoms with Crippen molar-refractivity contribution in [3.05, 3.63) is 41.0 Å². The Morgan fingerprint density at radius 3 is 2.94 bits per heavy atom. The number of amides is 2. The van der Waals surface area contributed by atoms with Crippen LogP contribution >= 0.6 is 11.6 Å². The number of nitrogens with zero attached hydrogens (tertiary/aromatic N) is 1. The Labute approximate surface area is 104 Å². The number of carbonyl (C=O) groups excluding carboxylic acids is 1. The maximum atomic E-state index is 10.5. The summed E-state index contributed by atoms with van der Waals surface area (Å²) in [6.07, 6.45) is 3.27. The molecule has 0 radical (unpaired) electrons. The lowest BCUT2D eigenvalue weighted by atomic mass is 9.92. The summed E-state index contributed by atoms with van der Waals surface area (Å²) in [5.74, 6) is 0. The predicted molar refractivity (Wildman–Crippen MR) is 68.7 cm³/mol. The van der Waals surface area contributed by atoms with Crippen LogP contribution in [-0.4, -0.2) is 12.2 Å². The fourth-order valence-corrected chi connectivity index (χ4v) is 2.13. The second kappa shape index (κ2) is 5.01. The maximum Gasteiger partial charge on any atom is 0.332 e. The first-order valence-corrected chi connectivity index (χ1v) is 5.61. The number of fused-ring (bicyclic) bond motifs is 1. The zero-order chi connectivity index (χ0) is 12.3. The largest absolute Gasteiger partial charge is 0.350 e. The van der Waals surface area contributed by atoms with Gasteiger partial charge in [-0.3, -0.25) is 0 Å². The van der Waals surface area contributed by atoms with Gasteiger partial charge in [0.15, 0.2) is 0 Å². The lowest BCUT2D eigenvalue weighted by Gasteiger charge is -2.16. The van der Waals surface area contributed by atoms with E-state index in [1.807, 2.05) is 18.2 Å². The molecule has 0 saturated carbocycles. The molecule has 5 heteroatoms. The van der Waals surface area contributed by atoms with Crippen molar-refractivity contribution in [2.75, 3.05) is 0 Å². The Hall–Kier alpha value is -1.81. The Morgan fingerprint density at radius 2 is 2.18 bits per heavy atom. The van der Waals surface area contributed by atoms with Crippen LogP contribution in [0.3, 0.4) is 0 Å². The van der Waals surface area contributed by atoms with Crippen molar-refractivity contribution in [3.63, 3.8) is 0 Å². The van der Waals surface area contributed by atoms with Crippen LogP contribution in [0.1, 0.15) is 17.5 Å². The molecule has 0 aliphatic heterocycles. The first-order chi connectivity index (χ1) is 8.18. The summed E-state index contributed by atoms with van der Waals surface area (Å²) < 4.78 is 0. The number of nitrogens with two attached hydrogens (primary N) is 1. The summed E-state index contributed by atoms with van der Waals surface area (Å²) in [4.78, 5) is 10.5. The summed E-state index contributed by atoms with van der Waals surface area (Å²) in [5.41, 5.74) is 10.2. The molecule has 1 aromatic rings. The van der Waals surface area contributed by atoms with Crippen LogP contribution in [0.4, 0.5) is 4.79 Å². The number of nitrogens with one attached hydrogen (secondary N) is 1. The third-order valence-corrected chi connectivity index (χ3v) is 3.04. The average Bonchev–Trinajstić information content (AvgIpc) is 2.32. The molecule has 0 unspecified atom stereocenters. The van der Waals surface area contributed by atoms with Crippen molar-refractivity contribution >= 4 is 28.9 Å². The van der Waals surface area contributed by atoms with Crippen molar-refractivity contribution in [1.29, 1.82) is 0 Å². The van der Waals surface area contributed by atoms with Gasteiger partial charge in [-0.25, -0.2) is 10.2 Å². The number of allylic oxidation sites excluding steroid dienone is 1. The number of hydrazone groups is 1. The van der Waals surface area contributed by atoms with Crippen LogP contribution in [0.2, 0.25) is 0 Å². The van der Waals surface area contributed by atoms with E-state index in [2.05, 4.69) is 16.6 Å². The van der Waals surface area contributed by atoms with E-state index in [4.69, 9.17) is 17.3 Å². The highest BCUT2D eigenvalue weighted by atomic mass is 35.5. The quantitative estimate of drug-likeness (QED) is 0.613. The molecule has 0 spiro atoms. The minimum atomic E-state index is -0.686. The van der Waals surface area contributed by atoms with Gasteiger partial charge >= 0.3 is 6.03 Å². The smallest absolute Gasteiger partial charge is 0.332 e. The Kier molecular flexibility index (Phi) is 3.44. The van der Waals surface area contributed by atoms with Gasteiger partial charge in [0, 0.05) is 0 Å². The van der Waals surface area contributed by atoms with Gasteiger partial charge in [0.05, 0.1) is 11.2 Å². The van der Waals surface area contributed by atoms with Gasteiger partial charge in [-0.2, -0.15) is 5.10 Å². The summed E-state index contributed by atoms with van der Waals surface area (Å²) in [7, 11) is 0. The third-order valence-electron chi connectivity index (χ3n) is 2.59. The minimum Gasteiger partial charge on any atom is -0.350 e. The van der Waals surface area contributed by atoms with Crippen molar-refractivity contribution < 1.29 is 4.79 Å². The fourth-order valence-electron chi connectivity index (χ4n) is 1.80. The van der Waals surface area contributed by atoms with Gasteiger partial charge in [0.1, 0.15) is 0 Å². The van der Waals surface area contributed by atoms with Crippen LogP contribution in [0.5, 0.6) is 0 Å². The highest BCUT2D eigenvalue weighted by molar-refractivity contribution is 6.50. The zero-order valence-electron chi connectivity index (χ0n) is 9.11. The monoisotopic (exact) mass is 249 g/mol. The number of primary amides is 1. The van der Waals surface area contributed by atoms with Gasteiger partial charge in [0.2, 0.25) is 0 Å². The van der Waals surface area contributed by atoms with E-state index in [1.165, 1.54) is 5.56 Å². The second-order valence-corrected chi connectivity index (χ2v) is 4.11. The van der Waals surface area contributed by atoms with E-state index in [1.54, 1.807) is 6.21 Å².